The molecular formula is C41H30F6N2O9S2. The zero-order valence-electron chi connectivity index (χ0n) is 31.0. The molecule has 0 aliphatic heterocycles. The molecular weight excluding hydrogens is 843 g/mol. The maximum absolute atomic E-state index is 12.4. The number of allylic oxidation sites excluding steroid dienone is 2. The third kappa shape index (κ3) is 11.4. The molecule has 0 spiro atoms. The van der Waals surface area contributed by atoms with E-state index in [9.17, 15) is 40.7 Å². The van der Waals surface area contributed by atoms with Gasteiger partial charge in [-0.2, -0.15) is 35.5 Å². The molecule has 0 atom stereocenters. The van der Waals surface area contributed by atoms with Crippen LogP contribution in [0.2, 0.25) is 0 Å². The van der Waals surface area contributed by atoms with Crippen molar-refractivity contribution in [3.63, 3.8) is 0 Å². The summed E-state index contributed by atoms with van der Waals surface area (Å²) in [6, 6.07) is 32.2. The van der Waals surface area contributed by atoms with Crippen LogP contribution in [0.1, 0.15) is 45.7 Å². The minimum absolute atomic E-state index is 0.0700. The number of hydrogen-bond acceptors (Lipinski definition) is 9. The zero-order chi connectivity index (χ0) is 44.6. The molecule has 60 heavy (non-hydrogen) atoms. The molecule has 312 valence electrons. The zero-order valence-corrected chi connectivity index (χ0v) is 32.6. The first-order valence-corrected chi connectivity index (χ1v) is 19.7. The lowest BCUT2D eigenvalue weighted by molar-refractivity contribution is -0.596. The molecule has 0 bridgehead atoms. The first-order chi connectivity index (χ1) is 27.9. The van der Waals surface area contributed by atoms with Crippen LogP contribution < -0.4 is 9.13 Å². The van der Waals surface area contributed by atoms with Gasteiger partial charge in [0.05, 0.1) is 0 Å². The molecule has 2 aliphatic rings. The van der Waals surface area contributed by atoms with Gasteiger partial charge in [0.25, 0.3) is 0 Å². The highest BCUT2D eigenvalue weighted by atomic mass is 32.2. The van der Waals surface area contributed by atoms with Gasteiger partial charge < -0.3 is 13.9 Å². The van der Waals surface area contributed by atoms with Crippen molar-refractivity contribution in [1.29, 1.82) is 0 Å². The number of ketones is 3. The van der Waals surface area contributed by atoms with Gasteiger partial charge in [-0.1, -0.05) is 60.7 Å². The number of aromatic nitrogens is 2. The number of rotatable bonds is 2. The number of alkyl halides is 6. The van der Waals surface area contributed by atoms with Gasteiger partial charge in [0.15, 0.2) is 56.6 Å². The fourth-order valence-electron chi connectivity index (χ4n) is 5.62. The average Bonchev–Trinajstić information content (AvgIpc) is 3.17. The van der Waals surface area contributed by atoms with E-state index in [1.54, 1.807) is 12.2 Å². The molecule has 4 aromatic carbocycles. The van der Waals surface area contributed by atoms with Crippen molar-refractivity contribution < 1.29 is 75.8 Å². The number of benzene rings is 4. The van der Waals surface area contributed by atoms with Crippen molar-refractivity contribution in [2.24, 2.45) is 0 Å². The molecule has 0 N–H and O–H groups in total. The number of Topliss-reactive ketones (excluding diaryl/α,β-unsaturated/α-hetero) is 1. The van der Waals surface area contributed by atoms with E-state index in [0.29, 0.717) is 0 Å². The Morgan fingerprint density at radius 2 is 0.800 bits per heavy atom. The topological polar surface area (TPSA) is 173 Å². The minimum atomic E-state index is -6.09. The minimum Gasteiger partial charge on any atom is -0.741 e. The van der Waals surface area contributed by atoms with E-state index in [4.69, 9.17) is 25.9 Å². The third-order valence-corrected chi connectivity index (χ3v) is 9.12. The van der Waals surface area contributed by atoms with Crippen molar-refractivity contribution in [2.75, 3.05) is 0 Å². The summed E-state index contributed by atoms with van der Waals surface area (Å²) in [5.41, 5.74) is -5.64. The highest BCUT2D eigenvalue weighted by Crippen LogP contribution is 2.32. The van der Waals surface area contributed by atoms with Crippen LogP contribution >= 0.6 is 0 Å². The molecule has 0 fully saturated rings. The molecule has 2 aliphatic carbocycles. The molecule has 8 rings (SSSR count). The second-order valence-corrected chi connectivity index (χ2v) is 15.2. The Kier molecular flexibility index (Phi) is 14.4. The molecule has 0 saturated heterocycles. The molecule has 0 amide bonds. The van der Waals surface area contributed by atoms with Crippen LogP contribution in [0.4, 0.5) is 26.3 Å². The van der Waals surface area contributed by atoms with Gasteiger partial charge in [0, 0.05) is 47.2 Å². The van der Waals surface area contributed by atoms with Gasteiger partial charge in [0.1, 0.15) is 16.9 Å². The first kappa shape index (κ1) is 46.3. The second-order valence-electron chi connectivity index (χ2n) is 12.5. The van der Waals surface area contributed by atoms with Crippen LogP contribution in [0.25, 0.3) is 45.1 Å². The van der Waals surface area contributed by atoms with Gasteiger partial charge in [-0.3, -0.25) is 9.59 Å². The molecule has 11 nitrogen and oxygen atoms in total. The average molecular weight is 873 g/mol. The Hall–Kier alpha value is -6.41. The normalized spacial score (nSPS) is 12.8. The number of pyridine rings is 2. The molecule has 6 aromatic rings. The first-order valence-electron chi connectivity index (χ1n) is 16.9. The summed E-state index contributed by atoms with van der Waals surface area (Å²) in [6.45, 7) is 3.06. The SMILES string of the molecule is CC(C)=O.O=C1C=Cc2cccc3ccc(-[n+]4ccccc4)c1c23.O=C1C=Cc2cccc3ccc(-[n+]4ccccc4)c1c23.O=S(=O)([O-])C(F)(F)F.O=S(=O)([O-])C(F)(F)F. The number of carbonyl (C=O) groups is 3. The van der Waals surface area contributed by atoms with Crippen LogP contribution in [0, 0.1) is 0 Å². The van der Waals surface area contributed by atoms with E-state index >= 15 is 0 Å². The standard InChI is InChI=1S/2C18H12NO.C3H6O.2CHF3O3S/c2*20-16-10-8-14-6-4-5-13-7-9-15(18(16)17(13)14)19-11-2-1-3-12-19;1-3(2)4;2*2-1(3,4)8(5,6)7/h2*1-12H;1-2H3;2*(H,5,6,7)/q2*+1;;;/p-2. The van der Waals surface area contributed by atoms with E-state index in [-0.39, 0.29) is 17.3 Å². The lowest BCUT2D eigenvalue weighted by Crippen LogP contribution is -2.31. The van der Waals surface area contributed by atoms with Crippen molar-refractivity contribution >= 4 is 71.3 Å². The van der Waals surface area contributed by atoms with Gasteiger partial charge in [0.2, 0.25) is 11.4 Å². The smallest absolute Gasteiger partial charge is 0.485 e. The summed E-state index contributed by atoms with van der Waals surface area (Å²) in [4.78, 5) is 34.2. The number of hydrogen-bond donors (Lipinski definition) is 0. The summed E-state index contributed by atoms with van der Waals surface area (Å²) in [7, 11) is -12.2. The highest BCUT2D eigenvalue weighted by molar-refractivity contribution is 7.86. The monoisotopic (exact) mass is 872 g/mol. The lowest BCUT2D eigenvalue weighted by atomic mass is 9.91. The molecule has 2 heterocycles. The second kappa shape index (κ2) is 18.7. The van der Waals surface area contributed by atoms with Crippen LogP contribution in [0.3, 0.4) is 0 Å². The molecule has 0 saturated carbocycles. The Labute approximate surface area is 338 Å². The summed E-state index contributed by atoms with van der Waals surface area (Å²) >= 11 is 0. The molecule has 2 aromatic heterocycles. The van der Waals surface area contributed by atoms with Gasteiger partial charge in [-0.15, -0.1) is 0 Å². The summed E-state index contributed by atoms with van der Waals surface area (Å²) in [6.07, 6.45) is 15.0. The largest absolute Gasteiger partial charge is 0.741 e. The molecule has 19 heteroatoms. The van der Waals surface area contributed by atoms with E-state index in [1.165, 1.54) is 13.8 Å². The predicted molar refractivity (Wildman–Crippen MR) is 206 cm³/mol. The van der Waals surface area contributed by atoms with E-state index in [2.05, 4.69) is 12.1 Å². The number of halogens is 6. The fraction of sp³-hybridized carbons (Fsp3) is 0.0976. The van der Waals surface area contributed by atoms with Gasteiger partial charge in [-0.05, 0) is 60.0 Å². The van der Waals surface area contributed by atoms with Gasteiger partial charge in [-0.25, -0.2) is 16.8 Å². The predicted octanol–water partition coefficient (Wildman–Crippen LogP) is 7.35. The Bertz CT molecular complexity index is 2670. The highest BCUT2D eigenvalue weighted by Gasteiger charge is 2.37. The maximum atomic E-state index is 12.4. The quantitative estimate of drug-likeness (QED) is 0.0746. The van der Waals surface area contributed by atoms with E-state index < -0.39 is 31.3 Å². The molecule has 0 unspecified atom stereocenters. The van der Waals surface area contributed by atoms with Crippen LogP contribution in [-0.4, -0.2) is 54.3 Å². The summed E-state index contributed by atoms with van der Waals surface area (Å²) in [5.74, 6) is 0.307. The van der Waals surface area contributed by atoms with Crippen LogP contribution in [0.15, 0.2) is 134 Å². The van der Waals surface area contributed by atoms with Gasteiger partial charge >= 0.3 is 11.0 Å². The lowest BCUT2D eigenvalue weighted by Gasteiger charge is -2.12. The Balaban J connectivity index is 0.000000186. The third-order valence-electron chi connectivity index (χ3n) is 7.99. The van der Waals surface area contributed by atoms with Crippen molar-refractivity contribution in [3.8, 4) is 11.4 Å². The van der Waals surface area contributed by atoms with Crippen molar-refractivity contribution in [3.05, 3.63) is 156 Å². The number of nitrogens with zero attached hydrogens (tertiary/aromatic N) is 2. The number of carbonyl (C=O) groups excluding carboxylic acids is 3. The van der Waals surface area contributed by atoms with Crippen molar-refractivity contribution in [1.82, 2.24) is 0 Å². The van der Waals surface area contributed by atoms with Crippen molar-refractivity contribution in [2.45, 2.75) is 24.9 Å². The summed E-state index contributed by atoms with van der Waals surface area (Å²) < 4.78 is 122. The van der Waals surface area contributed by atoms with E-state index in [0.717, 1.165) is 55.2 Å². The Morgan fingerprint density at radius 1 is 0.500 bits per heavy atom. The van der Waals surface area contributed by atoms with E-state index in [1.807, 2.05) is 131 Å². The fourth-order valence-corrected chi connectivity index (χ4v) is 5.62. The molecule has 0 radical (unpaired) electrons. The Morgan fingerprint density at radius 3 is 1.08 bits per heavy atom. The van der Waals surface area contributed by atoms with Crippen LogP contribution in [0.5, 0.6) is 0 Å². The maximum Gasteiger partial charge on any atom is 0.485 e. The van der Waals surface area contributed by atoms with Crippen LogP contribution in [-0.2, 0) is 25.0 Å². The summed E-state index contributed by atoms with van der Waals surface area (Å²) in [5, 5.41) is 4.31.